The van der Waals surface area contributed by atoms with Crippen molar-refractivity contribution >= 4 is 22.7 Å². The van der Waals surface area contributed by atoms with E-state index in [2.05, 4.69) is 17.0 Å². The van der Waals surface area contributed by atoms with Crippen molar-refractivity contribution in [1.82, 2.24) is 19.7 Å². The summed E-state index contributed by atoms with van der Waals surface area (Å²) < 4.78 is 19.6. The molecule has 2 aromatic carbocycles. The lowest BCUT2D eigenvalue weighted by Crippen LogP contribution is -2.50. The molecule has 0 aliphatic carbocycles. The van der Waals surface area contributed by atoms with Crippen LogP contribution in [0.4, 0.5) is 4.39 Å². The molecule has 7 nitrogen and oxygen atoms in total. The van der Waals surface area contributed by atoms with Crippen molar-refractivity contribution in [3.63, 3.8) is 0 Å². The smallest absolute Gasteiger partial charge is 0.254 e. The van der Waals surface area contributed by atoms with E-state index in [0.717, 1.165) is 38.4 Å². The molecular weight excluding hydrogens is 459 g/mol. The quantitative estimate of drug-likeness (QED) is 0.547. The molecule has 0 bridgehead atoms. The van der Waals surface area contributed by atoms with E-state index in [1.54, 1.807) is 21.9 Å². The highest BCUT2D eigenvalue weighted by Crippen LogP contribution is 2.27. The number of ether oxygens (including phenoxy) is 1. The molecule has 0 atom stereocenters. The van der Waals surface area contributed by atoms with Crippen LogP contribution >= 0.6 is 0 Å². The van der Waals surface area contributed by atoms with Crippen LogP contribution in [-0.4, -0.2) is 84.0 Å². The largest absolute Gasteiger partial charge is 0.379 e. The zero-order chi connectivity index (χ0) is 25.1. The molecule has 2 aliphatic rings. The Labute approximate surface area is 210 Å². The van der Waals surface area contributed by atoms with Gasteiger partial charge in [-0.1, -0.05) is 31.2 Å². The predicted molar refractivity (Wildman–Crippen MR) is 136 cm³/mol. The Morgan fingerprint density at radius 2 is 1.61 bits per heavy atom. The molecule has 2 saturated heterocycles. The molecule has 0 spiro atoms. The Morgan fingerprint density at radius 3 is 2.31 bits per heavy atom. The van der Waals surface area contributed by atoms with Crippen molar-refractivity contribution in [3.8, 4) is 11.3 Å². The van der Waals surface area contributed by atoms with Crippen molar-refractivity contribution in [1.29, 1.82) is 0 Å². The van der Waals surface area contributed by atoms with Gasteiger partial charge in [0.2, 0.25) is 5.91 Å². The Hall–Kier alpha value is -3.36. The highest BCUT2D eigenvalue weighted by molar-refractivity contribution is 6.07. The Kier molecular flexibility index (Phi) is 7.25. The molecule has 0 radical (unpaired) electrons. The topological polar surface area (TPSA) is 66.0 Å². The first-order valence-corrected chi connectivity index (χ1v) is 12.6. The molecule has 0 unspecified atom stereocenters. The molecule has 2 amide bonds. The molecule has 188 valence electrons. The van der Waals surface area contributed by atoms with Gasteiger partial charge in [0, 0.05) is 63.2 Å². The van der Waals surface area contributed by atoms with Crippen LogP contribution < -0.4 is 0 Å². The highest BCUT2D eigenvalue weighted by atomic mass is 19.1. The zero-order valence-corrected chi connectivity index (χ0v) is 20.6. The molecular formula is C28H31FN4O3. The van der Waals surface area contributed by atoms with E-state index in [0.29, 0.717) is 54.8 Å². The third-order valence-electron chi connectivity index (χ3n) is 6.98. The normalized spacial score (nSPS) is 16.9. The van der Waals surface area contributed by atoms with Crippen LogP contribution in [0.25, 0.3) is 22.2 Å². The fourth-order valence-corrected chi connectivity index (χ4v) is 4.87. The van der Waals surface area contributed by atoms with Gasteiger partial charge < -0.3 is 14.5 Å². The summed E-state index contributed by atoms with van der Waals surface area (Å²) in [7, 11) is 0. The summed E-state index contributed by atoms with van der Waals surface area (Å²) in [6.07, 6.45) is 0.455. The van der Waals surface area contributed by atoms with E-state index in [1.807, 2.05) is 19.1 Å². The van der Waals surface area contributed by atoms with Crippen LogP contribution in [0.1, 0.15) is 29.3 Å². The summed E-state index contributed by atoms with van der Waals surface area (Å²) in [5, 5.41) is 0.500. The Bertz CT molecular complexity index is 1250. The van der Waals surface area contributed by atoms with Gasteiger partial charge in [0.15, 0.2) is 0 Å². The SMILES string of the molecule is CCC(=O)N1CCN(C(=O)c2cc(-c3ccc(CN4CCOCC4)cc3)nc3ccc(F)cc23)CC1. The predicted octanol–water partition coefficient (Wildman–Crippen LogP) is 3.57. The number of hydrogen-bond donors (Lipinski definition) is 0. The summed E-state index contributed by atoms with van der Waals surface area (Å²) in [4.78, 5) is 36.3. The van der Waals surface area contributed by atoms with E-state index in [1.165, 1.54) is 17.7 Å². The summed E-state index contributed by atoms with van der Waals surface area (Å²) in [5.41, 5.74) is 3.80. The summed E-state index contributed by atoms with van der Waals surface area (Å²) in [6, 6.07) is 14.4. The first-order valence-electron chi connectivity index (χ1n) is 12.6. The Balaban J connectivity index is 1.41. The van der Waals surface area contributed by atoms with Gasteiger partial charge in [-0.3, -0.25) is 14.5 Å². The van der Waals surface area contributed by atoms with Crippen molar-refractivity contribution in [2.45, 2.75) is 19.9 Å². The van der Waals surface area contributed by atoms with Crippen molar-refractivity contribution in [2.24, 2.45) is 0 Å². The molecule has 3 heterocycles. The number of carbonyl (C=O) groups is 2. The number of halogens is 1. The molecule has 0 saturated carbocycles. The lowest BCUT2D eigenvalue weighted by molar-refractivity contribution is -0.132. The number of aromatic nitrogens is 1. The first-order chi connectivity index (χ1) is 17.5. The van der Waals surface area contributed by atoms with E-state index < -0.39 is 5.82 Å². The second-order valence-electron chi connectivity index (χ2n) is 9.33. The minimum Gasteiger partial charge on any atom is -0.379 e. The van der Waals surface area contributed by atoms with Crippen molar-refractivity contribution in [2.75, 3.05) is 52.5 Å². The van der Waals surface area contributed by atoms with Crippen LogP contribution in [0.5, 0.6) is 0 Å². The number of pyridine rings is 1. The van der Waals surface area contributed by atoms with Crippen molar-refractivity contribution < 1.29 is 18.7 Å². The number of morpholine rings is 1. The Morgan fingerprint density at radius 1 is 0.917 bits per heavy atom. The number of amides is 2. The van der Waals surface area contributed by atoms with Crippen LogP contribution in [0.15, 0.2) is 48.5 Å². The molecule has 5 rings (SSSR count). The summed E-state index contributed by atoms with van der Waals surface area (Å²) in [6.45, 7) is 8.01. The number of piperazine rings is 1. The number of nitrogens with zero attached hydrogens (tertiary/aromatic N) is 4. The second-order valence-corrected chi connectivity index (χ2v) is 9.33. The van der Waals surface area contributed by atoms with E-state index in [-0.39, 0.29) is 11.8 Å². The van der Waals surface area contributed by atoms with Crippen LogP contribution in [-0.2, 0) is 16.1 Å². The van der Waals surface area contributed by atoms with Gasteiger partial charge in [0.25, 0.3) is 5.91 Å². The average molecular weight is 491 g/mol. The average Bonchev–Trinajstić information content (AvgIpc) is 2.93. The minimum absolute atomic E-state index is 0.0953. The number of fused-ring (bicyclic) bond motifs is 1. The fraction of sp³-hybridized carbons (Fsp3) is 0.393. The first kappa shape index (κ1) is 24.3. The third-order valence-corrected chi connectivity index (χ3v) is 6.98. The maximum absolute atomic E-state index is 14.2. The zero-order valence-electron chi connectivity index (χ0n) is 20.6. The number of rotatable bonds is 5. The van der Waals surface area contributed by atoms with Crippen LogP contribution in [0.2, 0.25) is 0 Å². The van der Waals surface area contributed by atoms with E-state index >= 15 is 0 Å². The summed E-state index contributed by atoms with van der Waals surface area (Å²) in [5.74, 6) is -0.475. The maximum atomic E-state index is 14.2. The van der Waals surface area contributed by atoms with E-state index in [4.69, 9.17) is 9.72 Å². The molecule has 1 aromatic heterocycles. The van der Waals surface area contributed by atoms with Gasteiger partial charge >= 0.3 is 0 Å². The van der Waals surface area contributed by atoms with Gasteiger partial charge in [-0.05, 0) is 29.8 Å². The molecule has 3 aromatic rings. The van der Waals surface area contributed by atoms with Crippen LogP contribution in [0, 0.1) is 5.82 Å². The van der Waals surface area contributed by atoms with Gasteiger partial charge in [0.1, 0.15) is 5.82 Å². The monoisotopic (exact) mass is 490 g/mol. The van der Waals surface area contributed by atoms with Gasteiger partial charge in [0.05, 0.1) is 30.0 Å². The highest BCUT2D eigenvalue weighted by Gasteiger charge is 2.26. The number of benzene rings is 2. The van der Waals surface area contributed by atoms with Gasteiger partial charge in [-0.25, -0.2) is 9.37 Å². The molecule has 2 fully saturated rings. The minimum atomic E-state index is -0.406. The van der Waals surface area contributed by atoms with E-state index in [9.17, 15) is 14.0 Å². The second kappa shape index (κ2) is 10.7. The van der Waals surface area contributed by atoms with Crippen molar-refractivity contribution in [3.05, 3.63) is 65.5 Å². The maximum Gasteiger partial charge on any atom is 0.254 e. The molecule has 36 heavy (non-hydrogen) atoms. The standard InChI is InChI=1S/C28H31FN4O3/c1-2-27(34)32-9-11-33(12-10-32)28(35)24-18-26(30-25-8-7-22(29)17-23(24)25)21-5-3-20(4-6-21)19-31-13-15-36-16-14-31/h3-8,17-18H,2,9-16,19H2,1H3. The molecule has 2 aliphatic heterocycles. The number of hydrogen-bond acceptors (Lipinski definition) is 5. The van der Waals surface area contributed by atoms with Gasteiger partial charge in [-0.15, -0.1) is 0 Å². The lowest BCUT2D eigenvalue weighted by atomic mass is 10.0. The lowest BCUT2D eigenvalue weighted by Gasteiger charge is -2.35. The van der Waals surface area contributed by atoms with Gasteiger partial charge in [-0.2, -0.15) is 0 Å². The molecule has 8 heteroatoms. The third kappa shape index (κ3) is 5.24. The fourth-order valence-electron chi connectivity index (χ4n) is 4.87. The van der Waals surface area contributed by atoms with Crippen LogP contribution in [0.3, 0.4) is 0 Å². The number of carbonyl (C=O) groups excluding carboxylic acids is 2. The molecule has 0 N–H and O–H groups in total. The summed E-state index contributed by atoms with van der Waals surface area (Å²) >= 11 is 0.